The van der Waals surface area contributed by atoms with Crippen molar-refractivity contribution in [3.05, 3.63) is 59.9 Å². The number of rotatable bonds is 3. The van der Waals surface area contributed by atoms with E-state index < -0.39 is 0 Å². The Hall–Kier alpha value is -2.56. The van der Waals surface area contributed by atoms with E-state index in [0.29, 0.717) is 17.6 Å². The van der Waals surface area contributed by atoms with Crippen LogP contribution in [-0.4, -0.2) is 15.0 Å². The minimum Gasteiger partial charge on any atom is -0.380 e. The summed E-state index contributed by atoms with van der Waals surface area (Å²) in [6.07, 6.45) is 6.55. The number of aromatic nitrogens is 3. The van der Waals surface area contributed by atoms with Crippen molar-refractivity contribution in [1.82, 2.24) is 15.0 Å². The van der Waals surface area contributed by atoms with Crippen LogP contribution < -0.4 is 5.32 Å². The van der Waals surface area contributed by atoms with Crippen LogP contribution in [0.2, 0.25) is 0 Å². The molecule has 0 saturated carbocycles. The van der Waals surface area contributed by atoms with Crippen LogP contribution in [0.25, 0.3) is 11.0 Å². The van der Waals surface area contributed by atoms with Gasteiger partial charge in [-0.3, -0.25) is 9.97 Å². The van der Waals surface area contributed by atoms with E-state index in [0.717, 1.165) is 16.8 Å². The molecule has 1 N–H and O–H groups in total. The molecule has 100 valence electrons. The second kappa shape index (κ2) is 5.21. The summed E-state index contributed by atoms with van der Waals surface area (Å²) >= 11 is 0. The third-order valence-corrected chi connectivity index (χ3v) is 3.11. The molecule has 0 aliphatic rings. The van der Waals surface area contributed by atoms with Gasteiger partial charge in [0.05, 0.1) is 17.4 Å². The fourth-order valence-corrected chi connectivity index (χ4v) is 2.04. The first-order valence-corrected chi connectivity index (χ1v) is 6.27. The van der Waals surface area contributed by atoms with E-state index in [1.165, 1.54) is 12.3 Å². The molecule has 0 fully saturated rings. The van der Waals surface area contributed by atoms with Gasteiger partial charge in [0.15, 0.2) is 5.82 Å². The highest BCUT2D eigenvalue weighted by Crippen LogP contribution is 2.18. The molecule has 0 aliphatic heterocycles. The van der Waals surface area contributed by atoms with Gasteiger partial charge in [-0.2, -0.15) is 0 Å². The highest BCUT2D eigenvalue weighted by molar-refractivity contribution is 5.75. The number of hydrogen-bond acceptors (Lipinski definition) is 4. The molecule has 0 saturated heterocycles. The van der Waals surface area contributed by atoms with Crippen molar-refractivity contribution >= 4 is 16.7 Å². The number of benzene rings is 1. The van der Waals surface area contributed by atoms with Gasteiger partial charge >= 0.3 is 0 Å². The van der Waals surface area contributed by atoms with E-state index in [-0.39, 0.29) is 5.82 Å². The average Bonchev–Trinajstić information content (AvgIpc) is 2.46. The molecule has 2 heterocycles. The number of nitrogens with one attached hydrogen (secondary N) is 1. The van der Waals surface area contributed by atoms with Crippen molar-refractivity contribution in [2.24, 2.45) is 0 Å². The van der Waals surface area contributed by atoms with Gasteiger partial charge in [0.25, 0.3) is 0 Å². The fraction of sp³-hybridized carbons (Fsp3) is 0.133. The predicted molar refractivity (Wildman–Crippen MR) is 75.8 cm³/mol. The summed E-state index contributed by atoms with van der Waals surface area (Å²) in [5.74, 6) is -0.352. The molecule has 2 aromatic heterocycles. The van der Waals surface area contributed by atoms with E-state index in [9.17, 15) is 4.39 Å². The molecule has 0 atom stereocenters. The van der Waals surface area contributed by atoms with Gasteiger partial charge in [-0.1, -0.05) is 0 Å². The van der Waals surface area contributed by atoms with Gasteiger partial charge in [-0.05, 0) is 36.2 Å². The largest absolute Gasteiger partial charge is 0.380 e. The fourth-order valence-electron chi connectivity index (χ4n) is 2.04. The molecule has 0 unspecified atom stereocenters. The van der Waals surface area contributed by atoms with Gasteiger partial charge < -0.3 is 5.32 Å². The Balaban J connectivity index is 1.86. The van der Waals surface area contributed by atoms with Crippen LogP contribution in [0.5, 0.6) is 0 Å². The lowest BCUT2D eigenvalue weighted by Crippen LogP contribution is -2.02. The number of halogens is 1. The van der Waals surface area contributed by atoms with Crippen LogP contribution in [0.3, 0.4) is 0 Å². The molecule has 3 rings (SSSR count). The van der Waals surface area contributed by atoms with Crippen molar-refractivity contribution in [3.63, 3.8) is 0 Å². The van der Waals surface area contributed by atoms with Gasteiger partial charge in [0.2, 0.25) is 0 Å². The molecule has 4 nitrogen and oxygen atoms in total. The number of anilines is 1. The first kappa shape index (κ1) is 12.5. The first-order chi connectivity index (χ1) is 9.74. The number of nitrogens with zero attached hydrogens (tertiary/aromatic N) is 3. The molecule has 0 bridgehead atoms. The van der Waals surface area contributed by atoms with Crippen LogP contribution in [0, 0.1) is 12.7 Å². The monoisotopic (exact) mass is 268 g/mol. The van der Waals surface area contributed by atoms with Crippen molar-refractivity contribution in [2.45, 2.75) is 13.5 Å². The summed E-state index contributed by atoms with van der Waals surface area (Å²) in [4.78, 5) is 12.2. The van der Waals surface area contributed by atoms with Gasteiger partial charge in [-0.15, -0.1) is 0 Å². The molecular formula is C15H13FN4. The van der Waals surface area contributed by atoms with Gasteiger partial charge in [-0.25, -0.2) is 9.37 Å². The highest BCUT2D eigenvalue weighted by atomic mass is 19.1. The molecule has 1 aromatic carbocycles. The Morgan fingerprint density at radius 2 is 2.00 bits per heavy atom. The summed E-state index contributed by atoms with van der Waals surface area (Å²) in [6.45, 7) is 2.51. The van der Waals surface area contributed by atoms with E-state index >= 15 is 0 Å². The predicted octanol–water partition coefficient (Wildman–Crippen LogP) is 3.08. The van der Waals surface area contributed by atoms with E-state index in [1.807, 2.05) is 19.1 Å². The molecule has 5 heteroatoms. The maximum absolute atomic E-state index is 13.9. The summed E-state index contributed by atoms with van der Waals surface area (Å²) < 4.78 is 13.9. The van der Waals surface area contributed by atoms with Crippen LogP contribution in [0.1, 0.15) is 11.1 Å². The number of fused-ring (bicyclic) bond motifs is 1. The van der Waals surface area contributed by atoms with Crippen molar-refractivity contribution < 1.29 is 4.39 Å². The topological polar surface area (TPSA) is 50.7 Å². The summed E-state index contributed by atoms with van der Waals surface area (Å²) in [5, 5.41) is 3.24. The third kappa shape index (κ3) is 2.42. The third-order valence-electron chi connectivity index (χ3n) is 3.11. The zero-order valence-corrected chi connectivity index (χ0v) is 11.0. The highest BCUT2D eigenvalue weighted by Gasteiger charge is 2.06. The lowest BCUT2D eigenvalue weighted by Gasteiger charge is -2.09. The summed E-state index contributed by atoms with van der Waals surface area (Å²) in [5.41, 5.74) is 3.72. The molecule has 0 amide bonds. The quantitative estimate of drug-likeness (QED) is 0.793. The van der Waals surface area contributed by atoms with E-state index in [1.54, 1.807) is 18.6 Å². The maximum Gasteiger partial charge on any atom is 0.151 e. The lowest BCUT2D eigenvalue weighted by atomic mass is 10.1. The summed E-state index contributed by atoms with van der Waals surface area (Å²) in [7, 11) is 0. The molecule has 20 heavy (non-hydrogen) atoms. The Morgan fingerprint density at radius 3 is 2.85 bits per heavy atom. The Bertz CT molecular complexity index is 758. The van der Waals surface area contributed by atoms with Gasteiger partial charge in [0, 0.05) is 25.1 Å². The van der Waals surface area contributed by atoms with E-state index in [2.05, 4.69) is 20.3 Å². The SMILES string of the molecule is Cc1ccncc1NCc1cc(F)c2nccnc2c1. The molecule has 0 radical (unpaired) electrons. The van der Waals surface area contributed by atoms with E-state index in [4.69, 9.17) is 0 Å². The smallest absolute Gasteiger partial charge is 0.151 e. The molecular weight excluding hydrogens is 255 g/mol. The standard InChI is InChI=1S/C15H13FN4/c1-10-2-3-17-9-14(10)20-8-11-6-12(16)15-13(7-11)18-4-5-19-15/h2-7,9,20H,8H2,1H3. The van der Waals surface area contributed by atoms with Crippen molar-refractivity contribution in [1.29, 1.82) is 0 Å². The minimum absolute atomic E-state index is 0.300. The van der Waals surface area contributed by atoms with Crippen molar-refractivity contribution in [3.8, 4) is 0 Å². The lowest BCUT2D eigenvalue weighted by molar-refractivity contribution is 0.634. The zero-order valence-electron chi connectivity index (χ0n) is 11.0. The van der Waals surface area contributed by atoms with Crippen LogP contribution >= 0.6 is 0 Å². The van der Waals surface area contributed by atoms with Crippen LogP contribution in [0.4, 0.5) is 10.1 Å². The molecule has 0 spiro atoms. The second-order valence-corrected chi connectivity index (χ2v) is 4.55. The Morgan fingerprint density at radius 1 is 1.15 bits per heavy atom. The van der Waals surface area contributed by atoms with Crippen LogP contribution in [-0.2, 0) is 6.54 Å². The number of hydrogen-bond donors (Lipinski definition) is 1. The normalized spacial score (nSPS) is 10.7. The van der Waals surface area contributed by atoms with Crippen molar-refractivity contribution in [2.75, 3.05) is 5.32 Å². The second-order valence-electron chi connectivity index (χ2n) is 4.55. The summed E-state index contributed by atoms with van der Waals surface area (Å²) in [6, 6.07) is 5.24. The Kier molecular flexibility index (Phi) is 3.25. The first-order valence-electron chi connectivity index (χ1n) is 6.27. The zero-order chi connectivity index (χ0) is 13.9. The van der Waals surface area contributed by atoms with Crippen LogP contribution in [0.15, 0.2) is 43.0 Å². The maximum atomic E-state index is 13.9. The minimum atomic E-state index is -0.352. The molecule has 3 aromatic rings. The number of aryl methyl sites for hydroxylation is 1. The molecule has 0 aliphatic carbocycles. The Labute approximate surface area is 115 Å². The van der Waals surface area contributed by atoms with Gasteiger partial charge in [0.1, 0.15) is 5.52 Å². The number of pyridine rings is 1. The average molecular weight is 268 g/mol.